The van der Waals surface area contributed by atoms with Crippen molar-refractivity contribution in [3.63, 3.8) is 0 Å². The van der Waals surface area contributed by atoms with Gasteiger partial charge in [-0.05, 0) is 52.8 Å². The van der Waals surface area contributed by atoms with E-state index in [1.165, 1.54) is 0 Å². The molecule has 0 radical (unpaired) electrons. The Kier molecular flexibility index (Phi) is 4.29. The molecule has 4 heteroatoms. The summed E-state index contributed by atoms with van der Waals surface area (Å²) in [7, 11) is 0. The lowest BCUT2D eigenvalue weighted by atomic mass is 10.0. The van der Waals surface area contributed by atoms with Gasteiger partial charge in [0.05, 0.1) is 0 Å². The first kappa shape index (κ1) is 11.6. The molecule has 0 saturated carbocycles. The van der Waals surface area contributed by atoms with Crippen molar-refractivity contribution in [3.8, 4) is 0 Å². The van der Waals surface area contributed by atoms with Gasteiger partial charge < -0.3 is 5.11 Å². The van der Waals surface area contributed by atoms with Gasteiger partial charge in [0, 0.05) is 3.57 Å². The Balaban J connectivity index is 3.05. The summed E-state index contributed by atoms with van der Waals surface area (Å²) in [6.45, 7) is 1.92. The van der Waals surface area contributed by atoms with Gasteiger partial charge in [0.25, 0.3) is 0 Å². The van der Waals surface area contributed by atoms with Crippen molar-refractivity contribution in [3.05, 3.63) is 32.9 Å². The number of rotatable bonds is 2. The van der Waals surface area contributed by atoms with Crippen LogP contribution in [0.5, 0.6) is 0 Å². The van der Waals surface area contributed by atoms with Crippen molar-refractivity contribution in [2.75, 3.05) is 0 Å². The molecule has 1 aromatic carbocycles. The van der Waals surface area contributed by atoms with Crippen LogP contribution < -0.4 is 0 Å². The van der Waals surface area contributed by atoms with E-state index in [4.69, 9.17) is 23.2 Å². The molecular weight excluding hydrogens is 322 g/mol. The van der Waals surface area contributed by atoms with E-state index in [-0.39, 0.29) is 0 Å². The number of aryl methyl sites for hydroxylation is 1. The highest BCUT2D eigenvalue weighted by Crippen LogP contribution is 2.27. The molecule has 0 fully saturated rings. The maximum atomic E-state index is 9.64. The Morgan fingerprint density at radius 2 is 2.00 bits per heavy atom. The number of aliphatic hydroxyl groups excluding tert-OH is 1. The molecule has 13 heavy (non-hydrogen) atoms. The van der Waals surface area contributed by atoms with Crippen LogP contribution >= 0.6 is 45.8 Å². The third kappa shape index (κ3) is 2.98. The van der Waals surface area contributed by atoms with E-state index in [1.54, 1.807) is 0 Å². The molecule has 0 aromatic heterocycles. The number of alkyl halides is 2. The lowest BCUT2D eigenvalue weighted by Gasteiger charge is -2.14. The molecule has 0 bridgehead atoms. The average Bonchev–Trinajstić information content (AvgIpc) is 2.08. The van der Waals surface area contributed by atoms with Crippen LogP contribution in [0.1, 0.15) is 17.2 Å². The molecule has 0 aliphatic rings. The fourth-order valence-electron chi connectivity index (χ4n) is 1.07. The molecule has 0 spiro atoms. The largest absolute Gasteiger partial charge is 0.386 e. The second-order valence-corrected chi connectivity index (χ2v) is 5.19. The Morgan fingerprint density at radius 3 is 2.54 bits per heavy atom. The molecule has 1 unspecified atom stereocenters. The van der Waals surface area contributed by atoms with Crippen molar-refractivity contribution < 1.29 is 5.11 Å². The molecule has 0 amide bonds. The third-order valence-corrected chi connectivity index (χ3v) is 2.95. The third-order valence-electron chi connectivity index (χ3n) is 1.80. The summed E-state index contributed by atoms with van der Waals surface area (Å²) < 4.78 is 1.06. The highest BCUT2D eigenvalue weighted by atomic mass is 127. The van der Waals surface area contributed by atoms with Crippen LogP contribution in [-0.2, 0) is 0 Å². The maximum absolute atomic E-state index is 9.64. The average molecular weight is 331 g/mol. The second kappa shape index (κ2) is 4.82. The quantitative estimate of drug-likeness (QED) is 0.650. The van der Waals surface area contributed by atoms with Crippen LogP contribution in [-0.4, -0.2) is 9.94 Å². The van der Waals surface area contributed by atoms with Crippen molar-refractivity contribution in [1.29, 1.82) is 0 Å². The maximum Gasteiger partial charge on any atom is 0.137 e. The molecule has 0 heterocycles. The lowest BCUT2D eigenvalue weighted by molar-refractivity contribution is 0.192. The minimum absolute atomic E-state index is 0.781. The highest BCUT2D eigenvalue weighted by molar-refractivity contribution is 14.1. The first-order valence-corrected chi connectivity index (χ1v) is 5.70. The first-order valence-electron chi connectivity index (χ1n) is 3.74. The Bertz CT molecular complexity index is 302. The summed E-state index contributed by atoms with van der Waals surface area (Å²) in [6, 6.07) is 5.80. The van der Waals surface area contributed by atoms with E-state index in [0.717, 1.165) is 14.7 Å². The molecule has 1 nitrogen and oxygen atoms in total. The van der Waals surface area contributed by atoms with Gasteiger partial charge in [-0.2, -0.15) is 0 Å². The number of aliphatic hydroxyl groups is 1. The highest BCUT2D eigenvalue weighted by Gasteiger charge is 2.17. The Morgan fingerprint density at radius 1 is 1.38 bits per heavy atom. The molecular formula is C9H9Cl2IO. The van der Waals surface area contributed by atoms with Gasteiger partial charge in [-0.3, -0.25) is 0 Å². The van der Waals surface area contributed by atoms with Crippen LogP contribution in [0, 0.1) is 10.5 Å². The summed E-state index contributed by atoms with van der Waals surface area (Å²) in [5.74, 6) is 0. The van der Waals surface area contributed by atoms with Crippen LogP contribution in [0.2, 0.25) is 0 Å². The Labute approximate surface area is 101 Å². The normalized spacial score (nSPS) is 13.4. The number of benzene rings is 1. The van der Waals surface area contributed by atoms with E-state index in [1.807, 2.05) is 25.1 Å². The van der Waals surface area contributed by atoms with Crippen LogP contribution in [0.25, 0.3) is 0 Å². The molecule has 0 aliphatic carbocycles. The minimum Gasteiger partial charge on any atom is -0.386 e. The SMILES string of the molecule is Cc1ccc(I)cc1C(O)C(Cl)Cl. The minimum atomic E-state index is -0.807. The first-order chi connectivity index (χ1) is 6.02. The van der Waals surface area contributed by atoms with Crippen LogP contribution in [0.4, 0.5) is 0 Å². The molecule has 1 aromatic rings. The van der Waals surface area contributed by atoms with Gasteiger partial charge in [0.1, 0.15) is 10.9 Å². The van der Waals surface area contributed by atoms with Crippen LogP contribution in [0.3, 0.4) is 0 Å². The fraction of sp³-hybridized carbons (Fsp3) is 0.333. The van der Waals surface area contributed by atoms with E-state index in [0.29, 0.717) is 0 Å². The number of halogens is 3. The molecule has 72 valence electrons. The lowest BCUT2D eigenvalue weighted by Crippen LogP contribution is -2.07. The smallest absolute Gasteiger partial charge is 0.137 e. The van der Waals surface area contributed by atoms with Crippen LogP contribution in [0.15, 0.2) is 18.2 Å². The summed E-state index contributed by atoms with van der Waals surface area (Å²) in [6.07, 6.45) is -0.807. The van der Waals surface area contributed by atoms with E-state index in [2.05, 4.69) is 22.6 Å². The Hall–Kier alpha value is 0.490. The van der Waals surface area contributed by atoms with E-state index < -0.39 is 10.9 Å². The van der Waals surface area contributed by atoms with Crippen molar-refractivity contribution in [1.82, 2.24) is 0 Å². The molecule has 1 atom stereocenters. The predicted molar refractivity (Wildman–Crippen MR) is 64.3 cm³/mol. The standard InChI is InChI=1S/C9H9Cl2IO/c1-5-2-3-6(12)4-7(5)8(13)9(10)11/h2-4,8-9,13H,1H3. The summed E-state index contributed by atoms with van der Waals surface area (Å²) in [5.41, 5.74) is 1.79. The van der Waals surface area contributed by atoms with Crippen molar-refractivity contribution in [2.24, 2.45) is 0 Å². The second-order valence-electron chi connectivity index (χ2n) is 2.78. The van der Waals surface area contributed by atoms with Gasteiger partial charge in [-0.15, -0.1) is 23.2 Å². The van der Waals surface area contributed by atoms with Gasteiger partial charge in [-0.25, -0.2) is 0 Å². The van der Waals surface area contributed by atoms with Gasteiger partial charge in [0.15, 0.2) is 0 Å². The zero-order valence-corrected chi connectivity index (χ0v) is 10.6. The van der Waals surface area contributed by atoms with Crippen molar-refractivity contribution in [2.45, 2.75) is 17.9 Å². The molecule has 0 saturated heterocycles. The predicted octanol–water partition coefficient (Wildman–Crippen LogP) is 3.44. The summed E-state index contributed by atoms with van der Waals surface area (Å²) >= 11 is 13.4. The fourth-order valence-corrected chi connectivity index (χ4v) is 1.85. The van der Waals surface area contributed by atoms with Gasteiger partial charge in [0.2, 0.25) is 0 Å². The number of hydrogen-bond acceptors (Lipinski definition) is 1. The van der Waals surface area contributed by atoms with E-state index in [9.17, 15) is 5.11 Å². The van der Waals surface area contributed by atoms with Gasteiger partial charge >= 0.3 is 0 Å². The molecule has 1 rings (SSSR count). The summed E-state index contributed by atoms with van der Waals surface area (Å²) in [4.78, 5) is -0.781. The zero-order valence-electron chi connectivity index (χ0n) is 6.97. The number of hydrogen-bond donors (Lipinski definition) is 1. The molecule has 1 N–H and O–H groups in total. The molecule has 0 aliphatic heterocycles. The monoisotopic (exact) mass is 330 g/mol. The van der Waals surface area contributed by atoms with Gasteiger partial charge in [-0.1, -0.05) is 6.07 Å². The van der Waals surface area contributed by atoms with Crippen molar-refractivity contribution >= 4 is 45.8 Å². The van der Waals surface area contributed by atoms with E-state index >= 15 is 0 Å². The zero-order chi connectivity index (χ0) is 10.0. The summed E-state index contributed by atoms with van der Waals surface area (Å²) in [5, 5.41) is 9.64. The topological polar surface area (TPSA) is 20.2 Å².